The van der Waals surface area contributed by atoms with Crippen LogP contribution in [-0.4, -0.2) is 11.4 Å². The summed E-state index contributed by atoms with van der Waals surface area (Å²) in [4.78, 5) is 5.23. The molecule has 1 aliphatic heterocycles. The van der Waals surface area contributed by atoms with E-state index in [4.69, 9.17) is 0 Å². The second-order valence-electron chi connectivity index (χ2n) is 4.44. The Hall–Kier alpha value is -1.32. The third-order valence-electron chi connectivity index (χ3n) is 3.42. The van der Waals surface area contributed by atoms with Crippen LogP contribution in [0.3, 0.4) is 0 Å². The Morgan fingerprint density at radius 2 is 2.22 bits per heavy atom. The van der Waals surface area contributed by atoms with Crippen molar-refractivity contribution in [1.82, 2.24) is 4.90 Å². The summed E-state index contributed by atoms with van der Waals surface area (Å²) in [6.07, 6.45) is 1.85. The van der Waals surface area contributed by atoms with Gasteiger partial charge in [0.15, 0.2) is 0 Å². The molecule has 0 spiro atoms. The van der Waals surface area contributed by atoms with Gasteiger partial charge in [0.2, 0.25) is 0 Å². The summed E-state index contributed by atoms with van der Waals surface area (Å²) >= 11 is 3.69. The van der Waals surface area contributed by atoms with E-state index in [0.29, 0.717) is 5.92 Å². The van der Waals surface area contributed by atoms with Gasteiger partial charge in [-0.3, -0.25) is 0 Å². The first-order chi connectivity index (χ1) is 8.79. The number of allylic oxidation sites excluding steroid dienone is 1. The smallest absolute Gasteiger partial charge is 0.0526 e. The minimum atomic E-state index is 0.483. The monoisotopic (exact) mass is 273 g/mol. The zero-order chi connectivity index (χ0) is 12.5. The zero-order valence-electron chi connectivity index (χ0n) is 10.1. The average Bonchev–Trinajstić information content (AvgIpc) is 3.06. The molecule has 1 nitrogen and oxygen atoms in total. The van der Waals surface area contributed by atoms with E-state index in [0.717, 1.165) is 18.8 Å². The minimum Gasteiger partial charge on any atom is -0.366 e. The summed E-state index contributed by atoms with van der Waals surface area (Å²) in [6.45, 7) is 9.90. The molecule has 3 heterocycles. The van der Waals surface area contributed by atoms with E-state index in [1.54, 1.807) is 0 Å². The lowest BCUT2D eigenvalue weighted by Crippen LogP contribution is -2.31. The van der Waals surface area contributed by atoms with Crippen molar-refractivity contribution in [3.05, 3.63) is 69.2 Å². The van der Waals surface area contributed by atoms with Crippen LogP contribution in [0.5, 0.6) is 0 Å². The Morgan fingerprint density at radius 1 is 1.33 bits per heavy atom. The Balaban J connectivity index is 1.99. The van der Waals surface area contributed by atoms with Gasteiger partial charge in [0.05, 0.1) is 6.54 Å². The van der Waals surface area contributed by atoms with Gasteiger partial charge in [-0.25, -0.2) is 0 Å². The summed E-state index contributed by atoms with van der Waals surface area (Å²) < 4.78 is 0. The SMILES string of the molecule is C=CC(=C)N1Cc2sccc2C(c2cccs2)C1. The van der Waals surface area contributed by atoms with Crippen molar-refractivity contribution in [2.24, 2.45) is 0 Å². The van der Waals surface area contributed by atoms with E-state index in [-0.39, 0.29) is 0 Å². The van der Waals surface area contributed by atoms with Crippen LogP contribution >= 0.6 is 22.7 Å². The highest BCUT2D eigenvalue weighted by Crippen LogP contribution is 2.39. The largest absolute Gasteiger partial charge is 0.366 e. The van der Waals surface area contributed by atoms with Crippen molar-refractivity contribution in [1.29, 1.82) is 0 Å². The molecule has 18 heavy (non-hydrogen) atoms. The summed E-state index contributed by atoms with van der Waals surface area (Å²) in [7, 11) is 0. The van der Waals surface area contributed by atoms with Crippen molar-refractivity contribution in [3.63, 3.8) is 0 Å². The third kappa shape index (κ3) is 1.93. The number of nitrogens with zero attached hydrogens (tertiary/aromatic N) is 1. The number of fused-ring (bicyclic) bond motifs is 1. The third-order valence-corrected chi connectivity index (χ3v) is 5.33. The predicted molar refractivity (Wildman–Crippen MR) is 80.2 cm³/mol. The van der Waals surface area contributed by atoms with E-state index in [2.05, 4.69) is 47.0 Å². The second kappa shape index (κ2) is 4.75. The maximum Gasteiger partial charge on any atom is 0.0526 e. The zero-order valence-corrected chi connectivity index (χ0v) is 11.8. The molecular weight excluding hydrogens is 258 g/mol. The highest BCUT2D eigenvalue weighted by atomic mass is 32.1. The standard InChI is InChI=1S/C15H15NS2/c1-3-11(2)16-9-13(14-5-4-7-17-14)12-6-8-18-15(12)10-16/h3-8,13H,1-2,9-10H2. The fourth-order valence-corrected chi connectivity index (χ4v) is 4.22. The van der Waals surface area contributed by atoms with Crippen molar-refractivity contribution < 1.29 is 0 Å². The van der Waals surface area contributed by atoms with Crippen molar-refractivity contribution in [2.45, 2.75) is 12.5 Å². The van der Waals surface area contributed by atoms with Gasteiger partial charge in [0, 0.05) is 27.9 Å². The molecule has 3 heteroatoms. The highest BCUT2D eigenvalue weighted by molar-refractivity contribution is 7.10. The second-order valence-corrected chi connectivity index (χ2v) is 6.42. The summed E-state index contributed by atoms with van der Waals surface area (Å²) in [5.41, 5.74) is 2.52. The maximum atomic E-state index is 4.09. The minimum absolute atomic E-state index is 0.483. The molecule has 1 aliphatic rings. The molecule has 0 amide bonds. The lowest BCUT2D eigenvalue weighted by atomic mass is 9.93. The molecule has 0 bridgehead atoms. The van der Waals surface area contributed by atoms with Gasteiger partial charge in [-0.05, 0) is 34.5 Å². The number of rotatable bonds is 3. The molecule has 3 rings (SSSR count). The van der Waals surface area contributed by atoms with Gasteiger partial charge < -0.3 is 4.90 Å². The molecule has 2 aromatic rings. The van der Waals surface area contributed by atoms with Crippen LogP contribution in [0, 0.1) is 0 Å². The molecule has 0 fully saturated rings. The lowest BCUT2D eigenvalue weighted by molar-refractivity contribution is 0.320. The Bertz CT molecular complexity index is 565. The molecule has 0 aliphatic carbocycles. The van der Waals surface area contributed by atoms with E-state index in [9.17, 15) is 0 Å². The van der Waals surface area contributed by atoms with Crippen LogP contribution in [0.4, 0.5) is 0 Å². The lowest BCUT2D eigenvalue weighted by Gasteiger charge is -2.34. The van der Waals surface area contributed by atoms with Crippen LogP contribution < -0.4 is 0 Å². The summed E-state index contributed by atoms with van der Waals surface area (Å²) in [5, 5.41) is 4.36. The average molecular weight is 273 g/mol. The molecule has 2 aromatic heterocycles. The van der Waals surface area contributed by atoms with Crippen molar-refractivity contribution in [2.75, 3.05) is 6.54 Å². The molecule has 92 valence electrons. The first-order valence-electron chi connectivity index (χ1n) is 5.95. The quantitative estimate of drug-likeness (QED) is 0.746. The molecule has 0 N–H and O–H groups in total. The maximum absolute atomic E-state index is 4.09. The molecule has 0 aromatic carbocycles. The normalized spacial score (nSPS) is 18.4. The topological polar surface area (TPSA) is 3.24 Å². The Kier molecular flexibility index (Phi) is 3.10. The van der Waals surface area contributed by atoms with Crippen LogP contribution in [0.25, 0.3) is 0 Å². The molecule has 0 saturated carbocycles. The van der Waals surface area contributed by atoms with E-state index < -0.39 is 0 Å². The van der Waals surface area contributed by atoms with E-state index in [1.807, 2.05) is 28.7 Å². The van der Waals surface area contributed by atoms with Gasteiger partial charge in [0.1, 0.15) is 0 Å². The van der Waals surface area contributed by atoms with Crippen LogP contribution in [0.15, 0.2) is 53.9 Å². The predicted octanol–water partition coefficient (Wildman–Crippen LogP) is 4.46. The number of thiophene rings is 2. The van der Waals surface area contributed by atoms with Crippen LogP contribution in [0.2, 0.25) is 0 Å². The molecule has 1 unspecified atom stereocenters. The fraction of sp³-hybridized carbons (Fsp3) is 0.200. The molecule has 0 radical (unpaired) electrons. The Labute approximate surface area is 116 Å². The number of hydrogen-bond donors (Lipinski definition) is 0. The van der Waals surface area contributed by atoms with Crippen LogP contribution in [-0.2, 0) is 6.54 Å². The fourth-order valence-electron chi connectivity index (χ4n) is 2.43. The molecule has 1 atom stereocenters. The number of hydrogen-bond acceptors (Lipinski definition) is 3. The van der Waals surface area contributed by atoms with Gasteiger partial charge in [0.25, 0.3) is 0 Å². The van der Waals surface area contributed by atoms with Gasteiger partial charge >= 0.3 is 0 Å². The molecule has 0 saturated heterocycles. The van der Waals surface area contributed by atoms with Gasteiger partial charge in [-0.15, -0.1) is 22.7 Å². The molecular formula is C15H15NS2. The van der Waals surface area contributed by atoms with Crippen molar-refractivity contribution in [3.8, 4) is 0 Å². The van der Waals surface area contributed by atoms with Crippen molar-refractivity contribution >= 4 is 22.7 Å². The Morgan fingerprint density at radius 3 is 2.94 bits per heavy atom. The van der Waals surface area contributed by atoms with Gasteiger partial charge in [-0.2, -0.15) is 0 Å². The highest BCUT2D eigenvalue weighted by Gasteiger charge is 2.28. The van der Waals surface area contributed by atoms with E-state index >= 15 is 0 Å². The summed E-state index contributed by atoms with van der Waals surface area (Å²) in [5.74, 6) is 0.483. The van der Waals surface area contributed by atoms with Gasteiger partial charge in [-0.1, -0.05) is 19.2 Å². The van der Waals surface area contributed by atoms with Crippen LogP contribution in [0.1, 0.15) is 21.2 Å². The van der Waals surface area contributed by atoms with E-state index in [1.165, 1.54) is 15.3 Å². The first-order valence-corrected chi connectivity index (χ1v) is 7.71. The first kappa shape index (κ1) is 11.8. The summed E-state index contributed by atoms with van der Waals surface area (Å²) in [6, 6.07) is 6.64.